The number of thiophene rings is 1. The molecule has 4 N–H and O–H groups in total. The van der Waals surface area contributed by atoms with Crippen molar-refractivity contribution >= 4 is 50.5 Å². The molecule has 9 heteroatoms. The van der Waals surface area contributed by atoms with Crippen molar-refractivity contribution in [1.29, 1.82) is 0 Å². The number of nitrogens with one attached hydrogen (secondary N) is 4. The van der Waals surface area contributed by atoms with Crippen LogP contribution in [0, 0.1) is 0 Å². The van der Waals surface area contributed by atoms with Crippen LogP contribution in [0.1, 0.15) is 10.4 Å². The van der Waals surface area contributed by atoms with Crippen LogP contribution >= 0.6 is 23.6 Å². The van der Waals surface area contributed by atoms with Crippen LogP contribution in [0.5, 0.6) is 0 Å². The average molecular weight is 464 g/mol. The Morgan fingerprint density at radius 3 is 2.59 bits per heavy atom. The Morgan fingerprint density at radius 1 is 1.12 bits per heavy atom. The van der Waals surface area contributed by atoms with Gasteiger partial charge in [-0.05, 0) is 42.0 Å². The first-order chi connectivity index (χ1) is 15.6. The molecule has 0 aliphatic carbocycles. The number of likely N-dealkylation sites (N-methyl/N-ethyl adjacent to an activating group) is 1. The summed E-state index contributed by atoms with van der Waals surface area (Å²) in [5, 5.41) is 4.22. The number of hydrogen-bond acceptors (Lipinski definition) is 5. The molecule has 0 saturated heterocycles. The molecule has 162 valence electrons. The van der Waals surface area contributed by atoms with Crippen LogP contribution in [0.2, 0.25) is 0 Å². The van der Waals surface area contributed by atoms with Crippen LogP contribution in [0.3, 0.4) is 0 Å². The fourth-order valence-corrected chi connectivity index (χ4v) is 5.45. The minimum Gasteiger partial charge on any atom is -0.333 e. The molecule has 1 aliphatic heterocycles. The Balaban J connectivity index is 1.53. The summed E-state index contributed by atoms with van der Waals surface area (Å²) in [5.41, 5.74) is 8.72. The summed E-state index contributed by atoms with van der Waals surface area (Å²) < 4.78 is 1.61. The summed E-state index contributed by atoms with van der Waals surface area (Å²) in [6.45, 7) is 1.94. The lowest BCUT2D eigenvalue weighted by Crippen LogP contribution is -3.08. The van der Waals surface area contributed by atoms with E-state index < -0.39 is 0 Å². The second-order valence-electron chi connectivity index (χ2n) is 7.80. The van der Waals surface area contributed by atoms with Crippen molar-refractivity contribution in [3.05, 3.63) is 81.5 Å². The normalized spacial score (nSPS) is 15.2. The fraction of sp³-hybridized carbons (Fsp3) is 0.174. The van der Waals surface area contributed by atoms with Crippen molar-refractivity contribution in [2.24, 2.45) is 0 Å². The predicted octanol–water partition coefficient (Wildman–Crippen LogP) is 2.33. The summed E-state index contributed by atoms with van der Waals surface area (Å²) in [6, 6.07) is 19.2. The van der Waals surface area contributed by atoms with E-state index in [0.717, 1.165) is 46.7 Å². The van der Waals surface area contributed by atoms with Gasteiger partial charge in [-0.2, -0.15) is 0 Å². The zero-order valence-electron chi connectivity index (χ0n) is 17.5. The molecule has 0 saturated carbocycles. The summed E-state index contributed by atoms with van der Waals surface area (Å²) in [7, 11) is 2.18. The Morgan fingerprint density at radius 2 is 1.84 bits per heavy atom. The molecule has 2 aromatic heterocycles. The Bertz CT molecular complexity index is 1330. The number of hydrazine groups is 1. The van der Waals surface area contributed by atoms with Crippen molar-refractivity contribution in [2.75, 3.05) is 24.3 Å². The first-order valence-corrected chi connectivity index (χ1v) is 11.6. The van der Waals surface area contributed by atoms with E-state index in [1.807, 2.05) is 60.7 Å². The Labute approximate surface area is 194 Å². The third kappa shape index (κ3) is 3.97. The number of aromatic nitrogens is 2. The highest BCUT2D eigenvalue weighted by molar-refractivity contribution is 7.80. The van der Waals surface area contributed by atoms with Crippen molar-refractivity contribution in [2.45, 2.75) is 13.0 Å². The number of para-hydroxylation sites is 2. The molecule has 1 atom stereocenters. The largest absolute Gasteiger partial charge is 0.333 e. The van der Waals surface area contributed by atoms with Crippen LogP contribution in [0.4, 0.5) is 11.6 Å². The topological polar surface area (TPSA) is 75.4 Å². The summed E-state index contributed by atoms with van der Waals surface area (Å²) in [5.74, 6) is 0.394. The van der Waals surface area contributed by atoms with E-state index in [4.69, 9.17) is 17.2 Å². The number of thiocarbonyl (C=S) groups is 1. The zero-order valence-corrected chi connectivity index (χ0v) is 19.1. The van der Waals surface area contributed by atoms with Gasteiger partial charge in [-0.3, -0.25) is 15.6 Å². The minimum atomic E-state index is -0.0653. The zero-order chi connectivity index (χ0) is 22.1. The van der Waals surface area contributed by atoms with Crippen molar-refractivity contribution in [1.82, 2.24) is 15.0 Å². The highest BCUT2D eigenvalue weighted by Crippen LogP contribution is 2.30. The Kier molecular flexibility index (Phi) is 5.60. The monoisotopic (exact) mass is 463 g/mol. The van der Waals surface area contributed by atoms with Gasteiger partial charge in [0.2, 0.25) is 5.95 Å². The lowest BCUT2D eigenvalue weighted by molar-refractivity contribution is -0.895. The maximum atomic E-state index is 13.7. The molecule has 0 amide bonds. The molecule has 3 heterocycles. The molecule has 2 aromatic carbocycles. The van der Waals surface area contributed by atoms with Gasteiger partial charge in [0.15, 0.2) is 5.11 Å². The molecule has 1 aliphatic rings. The molecule has 0 bridgehead atoms. The van der Waals surface area contributed by atoms with Gasteiger partial charge in [0.25, 0.3) is 5.56 Å². The summed E-state index contributed by atoms with van der Waals surface area (Å²) in [6.07, 6.45) is 0.892. The van der Waals surface area contributed by atoms with Crippen LogP contribution in [-0.4, -0.2) is 28.3 Å². The van der Waals surface area contributed by atoms with E-state index in [-0.39, 0.29) is 5.56 Å². The molecule has 4 aromatic rings. The SMILES string of the molecule is C[NH+]1CCc2c(sc3nc(NNC(=S)Nc4ccccc4)n(-c4ccccc4)c(=O)c23)C1. The molecular formula is C23H23N6OS2+. The molecule has 0 radical (unpaired) electrons. The van der Waals surface area contributed by atoms with Crippen molar-refractivity contribution in [3.8, 4) is 5.69 Å². The average Bonchev–Trinajstić information content (AvgIpc) is 3.16. The third-order valence-corrected chi connectivity index (χ3v) is 6.84. The number of hydrogen-bond donors (Lipinski definition) is 4. The van der Waals surface area contributed by atoms with Crippen molar-refractivity contribution in [3.63, 3.8) is 0 Å². The van der Waals surface area contributed by atoms with E-state index in [0.29, 0.717) is 11.1 Å². The van der Waals surface area contributed by atoms with Gasteiger partial charge >= 0.3 is 0 Å². The molecule has 7 nitrogen and oxygen atoms in total. The number of quaternary nitrogens is 1. The van der Waals surface area contributed by atoms with Gasteiger partial charge < -0.3 is 10.2 Å². The van der Waals surface area contributed by atoms with Gasteiger partial charge in [-0.1, -0.05) is 36.4 Å². The minimum absolute atomic E-state index is 0.0653. The van der Waals surface area contributed by atoms with Crippen LogP contribution in [0.15, 0.2) is 65.5 Å². The standard InChI is InChI=1S/C23H22N6OS2/c1-28-13-12-17-18(14-28)32-20-19(17)21(30)29(16-10-6-3-7-11-16)22(25-20)26-27-23(31)24-15-8-4-2-5-9-15/h2-11H,12-14H2,1H3,(H,25,26)(H2,24,27,31)/p+1. The van der Waals surface area contributed by atoms with Crippen LogP contribution in [-0.2, 0) is 13.0 Å². The Hall–Kier alpha value is -3.27. The fourth-order valence-electron chi connectivity index (χ4n) is 3.96. The number of fused-ring (bicyclic) bond motifs is 3. The smallest absolute Gasteiger partial charge is 0.268 e. The highest BCUT2D eigenvalue weighted by atomic mass is 32.1. The molecule has 0 fully saturated rings. The van der Waals surface area contributed by atoms with Gasteiger partial charge in [0.1, 0.15) is 11.4 Å². The van der Waals surface area contributed by atoms with Crippen LogP contribution < -0.4 is 26.6 Å². The van der Waals surface area contributed by atoms with E-state index in [9.17, 15) is 4.79 Å². The van der Waals surface area contributed by atoms with Gasteiger partial charge in [-0.25, -0.2) is 9.55 Å². The number of rotatable bonds is 4. The molecule has 5 rings (SSSR count). The van der Waals surface area contributed by atoms with Gasteiger partial charge in [-0.15, -0.1) is 11.3 Å². The van der Waals surface area contributed by atoms with Crippen molar-refractivity contribution < 1.29 is 4.90 Å². The molecule has 32 heavy (non-hydrogen) atoms. The second-order valence-corrected chi connectivity index (χ2v) is 9.29. The summed E-state index contributed by atoms with van der Waals surface area (Å²) >= 11 is 7.02. The maximum absolute atomic E-state index is 13.7. The second kappa shape index (κ2) is 8.70. The lowest BCUT2D eigenvalue weighted by Gasteiger charge is -2.19. The van der Waals surface area contributed by atoms with E-state index >= 15 is 0 Å². The molecule has 0 spiro atoms. The van der Waals surface area contributed by atoms with E-state index in [1.165, 1.54) is 9.78 Å². The van der Waals surface area contributed by atoms with E-state index in [2.05, 4.69) is 23.2 Å². The van der Waals surface area contributed by atoms with Gasteiger partial charge in [0, 0.05) is 12.1 Å². The first-order valence-electron chi connectivity index (χ1n) is 10.4. The quantitative estimate of drug-likeness (QED) is 0.275. The van der Waals surface area contributed by atoms with Crippen LogP contribution in [0.25, 0.3) is 15.9 Å². The maximum Gasteiger partial charge on any atom is 0.268 e. The first kappa shape index (κ1) is 20.6. The third-order valence-electron chi connectivity index (χ3n) is 5.51. The molecular weight excluding hydrogens is 440 g/mol. The highest BCUT2D eigenvalue weighted by Gasteiger charge is 2.26. The van der Waals surface area contributed by atoms with E-state index in [1.54, 1.807) is 15.9 Å². The van der Waals surface area contributed by atoms with Gasteiger partial charge in [0.05, 0.1) is 29.5 Å². The lowest BCUT2D eigenvalue weighted by atomic mass is 10.1. The number of benzene rings is 2. The number of nitrogens with zero attached hydrogens (tertiary/aromatic N) is 2. The molecule has 1 unspecified atom stereocenters. The summed E-state index contributed by atoms with van der Waals surface area (Å²) in [4.78, 5) is 22.0. The predicted molar refractivity (Wildman–Crippen MR) is 134 cm³/mol. The number of anilines is 2.